The second kappa shape index (κ2) is 13.4. The van der Waals surface area contributed by atoms with E-state index in [1.807, 2.05) is 83.1 Å². The summed E-state index contributed by atoms with van der Waals surface area (Å²) in [6.45, 7) is 2.03. The lowest BCUT2D eigenvalue weighted by molar-refractivity contribution is -0.139. The molecule has 33 heavy (non-hydrogen) atoms. The van der Waals surface area contributed by atoms with Crippen LogP contribution in [0.5, 0.6) is 0 Å². The van der Waals surface area contributed by atoms with E-state index in [1.165, 1.54) is 6.08 Å². The quantitative estimate of drug-likeness (QED) is 0.285. The minimum absolute atomic E-state index is 0.0277. The van der Waals surface area contributed by atoms with Crippen LogP contribution < -0.4 is 0 Å². The molecule has 0 unspecified atom stereocenters. The van der Waals surface area contributed by atoms with E-state index in [9.17, 15) is 9.59 Å². The highest BCUT2D eigenvalue weighted by Crippen LogP contribution is 2.15. The molecule has 0 saturated carbocycles. The highest BCUT2D eigenvalue weighted by molar-refractivity contribution is 7.09. The Morgan fingerprint density at radius 2 is 1.64 bits per heavy atom. The van der Waals surface area contributed by atoms with Gasteiger partial charge in [0, 0.05) is 37.8 Å². The first-order chi connectivity index (χ1) is 16.2. The Kier molecular flexibility index (Phi) is 9.88. The van der Waals surface area contributed by atoms with Crippen molar-refractivity contribution in [1.29, 1.82) is 0 Å². The summed E-state index contributed by atoms with van der Waals surface area (Å²) in [5, 5.41) is 2.01. The van der Waals surface area contributed by atoms with Gasteiger partial charge >= 0.3 is 0 Å². The van der Waals surface area contributed by atoms with Gasteiger partial charge in [-0.15, -0.1) is 11.3 Å². The first kappa shape index (κ1) is 24.4. The third-order valence-corrected chi connectivity index (χ3v) is 5.99. The molecule has 1 aromatic heterocycles. The van der Waals surface area contributed by atoms with E-state index in [2.05, 4.69) is 0 Å². The Balaban J connectivity index is 1.73. The van der Waals surface area contributed by atoms with Crippen molar-refractivity contribution in [3.05, 3.63) is 100 Å². The second-order valence-corrected chi connectivity index (χ2v) is 8.70. The molecule has 6 heteroatoms. The topological polar surface area (TPSA) is 49.9 Å². The average molecular weight is 463 g/mol. The fourth-order valence-electron chi connectivity index (χ4n) is 3.39. The van der Waals surface area contributed by atoms with Crippen LogP contribution in [0.2, 0.25) is 0 Å². The SMILES string of the molecule is COCCCN(CC(=O)N(Cc1ccccc1)Cc1cccs1)C(=O)C=Cc1ccccc1. The van der Waals surface area contributed by atoms with Crippen LogP contribution in [0.15, 0.2) is 84.3 Å². The van der Waals surface area contributed by atoms with Crippen LogP contribution in [-0.2, 0) is 27.4 Å². The lowest BCUT2D eigenvalue weighted by atomic mass is 10.2. The molecule has 0 N–H and O–H groups in total. The number of methoxy groups -OCH3 is 1. The number of ether oxygens (including phenoxy) is 1. The summed E-state index contributed by atoms with van der Waals surface area (Å²) in [4.78, 5) is 30.9. The second-order valence-electron chi connectivity index (χ2n) is 7.66. The van der Waals surface area contributed by atoms with Crippen LogP contribution in [0.4, 0.5) is 0 Å². The van der Waals surface area contributed by atoms with Crippen molar-refractivity contribution in [3.8, 4) is 0 Å². The molecule has 0 aliphatic rings. The number of amides is 2. The number of benzene rings is 2. The molecule has 0 aliphatic heterocycles. The molecule has 2 amide bonds. The zero-order valence-electron chi connectivity index (χ0n) is 18.9. The maximum atomic E-state index is 13.4. The standard InChI is InChI=1S/C27H30N2O3S/c1-32-18-9-17-28(26(30)16-15-23-10-4-2-5-11-23)22-27(31)29(21-25-14-8-19-33-25)20-24-12-6-3-7-13-24/h2-8,10-16,19H,9,17-18,20-22H2,1H3. The Labute approximate surface area is 199 Å². The summed E-state index contributed by atoms with van der Waals surface area (Å²) >= 11 is 1.62. The smallest absolute Gasteiger partial charge is 0.247 e. The van der Waals surface area contributed by atoms with E-state index in [-0.39, 0.29) is 18.4 Å². The molecule has 0 bridgehead atoms. The van der Waals surface area contributed by atoms with Crippen molar-refractivity contribution in [2.24, 2.45) is 0 Å². The molecule has 0 saturated heterocycles. The Hall–Kier alpha value is -3.22. The van der Waals surface area contributed by atoms with E-state index in [4.69, 9.17) is 4.74 Å². The Bertz CT molecular complexity index is 1000. The van der Waals surface area contributed by atoms with Crippen LogP contribution >= 0.6 is 11.3 Å². The van der Waals surface area contributed by atoms with E-state index < -0.39 is 0 Å². The van der Waals surface area contributed by atoms with Gasteiger partial charge in [-0.1, -0.05) is 66.7 Å². The van der Waals surface area contributed by atoms with Gasteiger partial charge < -0.3 is 14.5 Å². The van der Waals surface area contributed by atoms with Crippen molar-refractivity contribution >= 4 is 29.2 Å². The fraction of sp³-hybridized carbons (Fsp3) is 0.259. The van der Waals surface area contributed by atoms with Gasteiger partial charge in [-0.05, 0) is 35.1 Å². The van der Waals surface area contributed by atoms with Crippen LogP contribution in [0.1, 0.15) is 22.4 Å². The highest BCUT2D eigenvalue weighted by atomic mass is 32.1. The summed E-state index contributed by atoms with van der Waals surface area (Å²) in [6, 6.07) is 23.6. The molecule has 0 aliphatic carbocycles. The maximum absolute atomic E-state index is 13.4. The summed E-state index contributed by atoms with van der Waals surface area (Å²) in [7, 11) is 1.63. The first-order valence-electron chi connectivity index (χ1n) is 11.0. The minimum Gasteiger partial charge on any atom is -0.385 e. The van der Waals surface area contributed by atoms with E-state index in [0.717, 1.165) is 16.0 Å². The molecule has 5 nitrogen and oxygen atoms in total. The molecule has 0 atom stereocenters. The molecule has 2 aromatic carbocycles. The molecule has 0 spiro atoms. The number of hydrogen-bond acceptors (Lipinski definition) is 4. The van der Waals surface area contributed by atoms with E-state index in [0.29, 0.717) is 32.7 Å². The third kappa shape index (κ3) is 8.33. The van der Waals surface area contributed by atoms with Crippen molar-refractivity contribution in [1.82, 2.24) is 9.80 Å². The maximum Gasteiger partial charge on any atom is 0.247 e. The lowest BCUT2D eigenvalue weighted by Gasteiger charge is -2.27. The van der Waals surface area contributed by atoms with Gasteiger partial charge in [0.1, 0.15) is 6.54 Å². The van der Waals surface area contributed by atoms with Crippen molar-refractivity contribution in [2.75, 3.05) is 26.8 Å². The van der Waals surface area contributed by atoms with Gasteiger partial charge in [0.25, 0.3) is 0 Å². The zero-order valence-corrected chi connectivity index (χ0v) is 19.7. The van der Waals surface area contributed by atoms with Crippen LogP contribution in [0.3, 0.4) is 0 Å². The third-order valence-electron chi connectivity index (χ3n) is 5.13. The lowest BCUT2D eigenvalue weighted by Crippen LogP contribution is -2.42. The highest BCUT2D eigenvalue weighted by Gasteiger charge is 2.21. The molecule has 172 valence electrons. The molecular weight excluding hydrogens is 432 g/mol. The number of carbonyl (C=O) groups is 2. The van der Waals surface area contributed by atoms with Gasteiger partial charge in [-0.3, -0.25) is 9.59 Å². The predicted octanol–water partition coefficient (Wildman–Crippen LogP) is 4.86. The molecule has 3 rings (SSSR count). The normalized spacial score (nSPS) is 10.9. The van der Waals surface area contributed by atoms with Gasteiger partial charge in [0.2, 0.25) is 11.8 Å². The number of rotatable bonds is 12. The minimum atomic E-state index is -0.181. The number of nitrogens with zero attached hydrogens (tertiary/aromatic N) is 2. The molecular formula is C27H30N2O3S. The van der Waals surface area contributed by atoms with Crippen LogP contribution in [0.25, 0.3) is 6.08 Å². The van der Waals surface area contributed by atoms with Gasteiger partial charge in [-0.25, -0.2) is 0 Å². The van der Waals surface area contributed by atoms with Gasteiger partial charge in [0.05, 0.1) is 6.54 Å². The summed E-state index contributed by atoms with van der Waals surface area (Å²) in [5.41, 5.74) is 2.00. The average Bonchev–Trinajstić information content (AvgIpc) is 3.36. The summed E-state index contributed by atoms with van der Waals surface area (Å²) in [5.74, 6) is -0.259. The molecule has 1 heterocycles. The zero-order chi connectivity index (χ0) is 23.3. The molecule has 3 aromatic rings. The van der Waals surface area contributed by atoms with Crippen LogP contribution in [-0.4, -0.2) is 48.4 Å². The van der Waals surface area contributed by atoms with Gasteiger partial charge in [0.15, 0.2) is 0 Å². The van der Waals surface area contributed by atoms with Crippen LogP contribution in [0, 0.1) is 0 Å². The number of carbonyl (C=O) groups excluding carboxylic acids is 2. The number of thiophene rings is 1. The van der Waals surface area contributed by atoms with E-state index >= 15 is 0 Å². The Morgan fingerprint density at radius 3 is 2.30 bits per heavy atom. The monoisotopic (exact) mass is 462 g/mol. The summed E-state index contributed by atoms with van der Waals surface area (Å²) < 4.78 is 5.15. The van der Waals surface area contributed by atoms with Gasteiger partial charge in [-0.2, -0.15) is 0 Å². The number of hydrogen-bond donors (Lipinski definition) is 0. The summed E-state index contributed by atoms with van der Waals surface area (Å²) in [6.07, 6.45) is 3.98. The predicted molar refractivity (Wildman–Crippen MR) is 134 cm³/mol. The fourth-order valence-corrected chi connectivity index (χ4v) is 4.11. The van der Waals surface area contributed by atoms with Crippen molar-refractivity contribution in [3.63, 3.8) is 0 Å². The molecule has 0 fully saturated rings. The Morgan fingerprint density at radius 1 is 0.909 bits per heavy atom. The van der Waals surface area contributed by atoms with Crippen molar-refractivity contribution in [2.45, 2.75) is 19.5 Å². The van der Waals surface area contributed by atoms with Crippen molar-refractivity contribution < 1.29 is 14.3 Å². The molecule has 0 radical (unpaired) electrons. The first-order valence-corrected chi connectivity index (χ1v) is 11.9. The largest absolute Gasteiger partial charge is 0.385 e. The van der Waals surface area contributed by atoms with E-state index in [1.54, 1.807) is 29.4 Å².